The molecule has 0 saturated carbocycles. The third-order valence-electron chi connectivity index (χ3n) is 4.14. The molecule has 2 aromatic carbocycles. The number of nitrogens with zero attached hydrogens (tertiary/aromatic N) is 2. The molecule has 28 heavy (non-hydrogen) atoms. The summed E-state index contributed by atoms with van der Waals surface area (Å²) in [6.07, 6.45) is 1.21. The highest BCUT2D eigenvalue weighted by Crippen LogP contribution is 2.34. The van der Waals surface area contributed by atoms with Crippen LogP contribution in [0.25, 0.3) is 33.3 Å². The Balaban J connectivity index is 1.92. The fraction of sp³-hybridized carbons (Fsp3) is 0.200. The number of imidazole rings is 1. The first kappa shape index (κ1) is 19.1. The quantitative estimate of drug-likeness (QED) is 0.352. The van der Waals surface area contributed by atoms with Crippen molar-refractivity contribution >= 4 is 62.8 Å². The Labute approximate surface area is 176 Å². The van der Waals surface area contributed by atoms with Crippen LogP contribution in [0.15, 0.2) is 36.5 Å². The molecule has 0 radical (unpaired) electrons. The minimum atomic E-state index is -0.618. The normalized spacial score (nSPS) is 12.1. The number of hydrogen-bond acceptors (Lipinski definition) is 3. The maximum atomic E-state index is 12.7. The number of aromatic amines is 1. The van der Waals surface area contributed by atoms with Gasteiger partial charge in [-0.05, 0) is 51.1 Å². The second kappa shape index (κ2) is 6.69. The summed E-state index contributed by atoms with van der Waals surface area (Å²) in [5.74, 6) is 0.572. The summed E-state index contributed by atoms with van der Waals surface area (Å²) in [7, 11) is 0. The second-order valence-electron chi connectivity index (χ2n) is 7.42. The number of rotatable bonds is 1. The van der Waals surface area contributed by atoms with Crippen molar-refractivity contribution in [3.05, 3.63) is 51.6 Å². The van der Waals surface area contributed by atoms with Crippen LogP contribution in [-0.2, 0) is 4.74 Å². The lowest BCUT2D eigenvalue weighted by atomic mass is 10.1. The van der Waals surface area contributed by atoms with Gasteiger partial charge in [-0.1, -0.05) is 34.8 Å². The number of carbonyl (C=O) groups is 1. The van der Waals surface area contributed by atoms with E-state index in [0.717, 1.165) is 10.9 Å². The van der Waals surface area contributed by atoms with Crippen molar-refractivity contribution in [1.82, 2.24) is 14.5 Å². The molecule has 4 rings (SSSR count). The molecule has 8 heteroatoms. The van der Waals surface area contributed by atoms with E-state index in [-0.39, 0.29) is 0 Å². The van der Waals surface area contributed by atoms with Gasteiger partial charge in [0.2, 0.25) is 0 Å². The molecule has 0 aliphatic heterocycles. The SMILES string of the molecule is CC(C)(C)OC(=O)n1cc(-c2nc3cc(Cl)c(Cl)cc3[nH]2)c2cc(Cl)ccc21. The van der Waals surface area contributed by atoms with Crippen LogP contribution in [0.4, 0.5) is 4.79 Å². The fourth-order valence-corrected chi connectivity index (χ4v) is 3.48. The summed E-state index contributed by atoms with van der Waals surface area (Å²) in [5.41, 5.74) is 2.18. The number of fused-ring (bicyclic) bond motifs is 2. The predicted molar refractivity (Wildman–Crippen MR) is 114 cm³/mol. The Bertz CT molecular complexity index is 1200. The van der Waals surface area contributed by atoms with Gasteiger partial charge in [-0.25, -0.2) is 9.78 Å². The van der Waals surface area contributed by atoms with Gasteiger partial charge in [0.25, 0.3) is 0 Å². The molecule has 0 spiro atoms. The number of aromatic nitrogens is 3. The minimum Gasteiger partial charge on any atom is -0.443 e. The molecule has 0 aliphatic rings. The number of H-pyrrole nitrogens is 1. The smallest absolute Gasteiger partial charge is 0.419 e. The standard InChI is InChI=1S/C20H16Cl3N3O2/c1-20(2,3)28-19(27)26-9-12(11-6-10(21)4-5-17(11)26)18-24-15-7-13(22)14(23)8-16(15)25-18/h4-9H,1-3H3,(H,24,25). The first-order valence-corrected chi connectivity index (χ1v) is 9.65. The van der Waals surface area contributed by atoms with Crippen molar-refractivity contribution in [3.63, 3.8) is 0 Å². The third kappa shape index (κ3) is 3.46. The van der Waals surface area contributed by atoms with Crippen LogP contribution < -0.4 is 0 Å². The van der Waals surface area contributed by atoms with E-state index in [4.69, 9.17) is 39.5 Å². The Kier molecular flexibility index (Phi) is 4.57. The molecule has 144 valence electrons. The van der Waals surface area contributed by atoms with E-state index in [1.165, 1.54) is 4.57 Å². The molecular weight excluding hydrogens is 421 g/mol. The van der Waals surface area contributed by atoms with Crippen LogP contribution >= 0.6 is 34.8 Å². The lowest BCUT2D eigenvalue weighted by Gasteiger charge is -2.19. The van der Waals surface area contributed by atoms with E-state index in [1.807, 2.05) is 20.8 Å². The van der Waals surface area contributed by atoms with Crippen molar-refractivity contribution in [3.8, 4) is 11.4 Å². The molecule has 1 N–H and O–H groups in total. The number of halogens is 3. The van der Waals surface area contributed by atoms with Gasteiger partial charge in [-0.15, -0.1) is 0 Å². The molecule has 0 bridgehead atoms. The number of ether oxygens (including phenoxy) is 1. The Morgan fingerprint density at radius 3 is 2.54 bits per heavy atom. The summed E-state index contributed by atoms with van der Waals surface area (Å²) >= 11 is 18.4. The van der Waals surface area contributed by atoms with Gasteiger partial charge in [0.05, 0.1) is 26.6 Å². The number of carbonyl (C=O) groups excluding carboxylic acids is 1. The van der Waals surface area contributed by atoms with Crippen molar-refractivity contribution < 1.29 is 9.53 Å². The highest BCUT2D eigenvalue weighted by molar-refractivity contribution is 6.42. The molecule has 0 atom stereocenters. The van der Waals surface area contributed by atoms with Gasteiger partial charge >= 0.3 is 6.09 Å². The zero-order valence-corrected chi connectivity index (χ0v) is 17.6. The summed E-state index contributed by atoms with van der Waals surface area (Å²) < 4.78 is 6.98. The second-order valence-corrected chi connectivity index (χ2v) is 8.67. The van der Waals surface area contributed by atoms with Crippen LogP contribution in [0.3, 0.4) is 0 Å². The zero-order chi connectivity index (χ0) is 20.2. The van der Waals surface area contributed by atoms with Crippen LogP contribution in [0.5, 0.6) is 0 Å². The van der Waals surface area contributed by atoms with Crippen LogP contribution in [0.2, 0.25) is 15.1 Å². The highest BCUT2D eigenvalue weighted by Gasteiger charge is 2.22. The van der Waals surface area contributed by atoms with E-state index in [0.29, 0.717) is 37.5 Å². The summed E-state index contributed by atoms with van der Waals surface area (Å²) in [4.78, 5) is 20.5. The molecule has 0 aliphatic carbocycles. The van der Waals surface area contributed by atoms with Gasteiger partial charge in [-0.2, -0.15) is 0 Å². The molecule has 4 aromatic rings. The van der Waals surface area contributed by atoms with Gasteiger partial charge in [0.15, 0.2) is 0 Å². The van der Waals surface area contributed by atoms with E-state index in [2.05, 4.69) is 9.97 Å². The number of benzene rings is 2. The first-order chi connectivity index (χ1) is 13.1. The molecular formula is C20H16Cl3N3O2. The highest BCUT2D eigenvalue weighted by atomic mass is 35.5. The third-order valence-corrected chi connectivity index (χ3v) is 5.09. The van der Waals surface area contributed by atoms with Crippen LogP contribution in [0, 0.1) is 0 Å². The van der Waals surface area contributed by atoms with E-state index in [1.54, 1.807) is 36.5 Å². The lowest BCUT2D eigenvalue weighted by molar-refractivity contribution is 0.0544. The lowest BCUT2D eigenvalue weighted by Crippen LogP contribution is -2.26. The maximum Gasteiger partial charge on any atom is 0.419 e. The largest absolute Gasteiger partial charge is 0.443 e. The topological polar surface area (TPSA) is 59.9 Å². The number of nitrogens with one attached hydrogen (secondary N) is 1. The first-order valence-electron chi connectivity index (χ1n) is 8.51. The molecule has 2 heterocycles. The molecule has 0 saturated heterocycles. The van der Waals surface area contributed by atoms with E-state index < -0.39 is 11.7 Å². The monoisotopic (exact) mass is 435 g/mol. The molecule has 5 nitrogen and oxygen atoms in total. The predicted octanol–water partition coefficient (Wildman–Crippen LogP) is 6.93. The van der Waals surface area contributed by atoms with Gasteiger partial charge < -0.3 is 9.72 Å². The molecule has 0 fully saturated rings. The van der Waals surface area contributed by atoms with Gasteiger partial charge in [0.1, 0.15) is 11.4 Å². The number of hydrogen-bond donors (Lipinski definition) is 1. The van der Waals surface area contributed by atoms with E-state index >= 15 is 0 Å². The molecule has 0 unspecified atom stereocenters. The summed E-state index contributed by atoms with van der Waals surface area (Å²) in [5, 5.41) is 2.18. The molecule has 0 amide bonds. The van der Waals surface area contributed by atoms with Crippen molar-refractivity contribution in [2.75, 3.05) is 0 Å². The average Bonchev–Trinajstić information content (AvgIpc) is 3.14. The minimum absolute atomic E-state index is 0.423. The fourth-order valence-electron chi connectivity index (χ4n) is 2.99. The maximum absolute atomic E-state index is 12.7. The van der Waals surface area contributed by atoms with Crippen LogP contribution in [-0.4, -0.2) is 26.2 Å². The Morgan fingerprint density at radius 2 is 1.82 bits per heavy atom. The van der Waals surface area contributed by atoms with Gasteiger partial charge in [-0.3, -0.25) is 4.57 Å². The average molecular weight is 437 g/mol. The van der Waals surface area contributed by atoms with Crippen molar-refractivity contribution in [1.29, 1.82) is 0 Å². The molecule has 2 aromatic heterocycles. The van der Waals surface area contributed by atoms with E-state index in [9.17, 15) is 4.79 Å². The zero-order valence-electron chi connectivity index (χ0n) is 15.3. The summed E-state index contributed by atoms with van der Waals surface area (Å²) in [6.45, 7) is 5.46. The van der Waals surface area contributed by atoms with Crippen molar-refractivity contribution in [2.24, 2.45) is 0 Å². The van der Waals surface area contributed by atoms with Crippen molar-refractivity contribution in [2.45, 2.75) is 26.4 Å². The van der Waals surface area contributed by atoms with Gasteiger partial charge in [0, 0.05) is 22.2 Å². The Morgan fingerprint density at radius 1 is 1.11 bits per heavy atom. The Hall–Kier alpha value is -2.21. The van der Waals surface area contributed by atoms with Crippen LogP contribution in [0.1, 0.15) is 20.8 Å². The summed E-state index contributed by atoms with van der Waals surface area (Å²) in [6, 6.07) is 8.71.